The van der Waals surface area contributed by atoms with Crippen molar-refractivity contribution in [1.82, 2.24) is 24.8 Å². The Kier molecular flexibility index (Phi) is 5.86. The highest BCUT2D eigenvalue weighted by Crippen LogP contribution is 2.31. The number of amides is 2. The second-order valence-corrected chi connectivity index (χ2v) is 8.24. The lowest BCUT2D eigenvalue weighted by Gasteiger charge is -2.17. The van der Waals surface area contributed by atoms with E-state index < -0.39 is 18.4 Å². The maximum atomic E-state index is 12.6. The van der Waals surface area contributed by atoms with E-state index >= 15 is 0 Å². The van der Waals surface area contributed by atoms with E-state index in [1.807, 2.05) is 6.07 Å². The molecule has 0 aliphatic carbocycles. The molecule has 1 aliphatic rings. The summed E-state index contributed by atoms with van der Waals surface area (Å²) in [6, 6.07) is 6.66. The van der Waals surface area contributed by atoms with Crippen LogP contribution in [0.2, 0.25) is 5.28 Å². The second-order valence-electron chi connectivity index (χ2n) is 6.66. The molecule has 3 atom stereocenters. The van der Waals surface area contributed by atoms with Crippen molar-refractivity contribution < 1.29 is 14.3 Å². The molecule has 4 N–H and O–H groups in total. The first-order valence-electron chi connectivity index (χ1n) is 8.97. The van der Waals surface area contributed by atoms with Gasteiger partial charge in [-0.1, -0.05) is 6.07 Å². The predicted molar refractivity (Wildman–Crippen MR) is 118 cm³/mol. The highest BCUT2D eigenvalue weighted by atomic mass is 127. The number of nitrogens with two attached hydrogens (primary N) is 1. The number of rotatable bonds is 4. The summed E-state index contributed by atoms with van der Waals surface area (Å²) in [6.07, 6.45) is 0.485. The van der Waals surface area contributed by atoms with E-state index in [1.54, 1.807) is 22.8 Å². The van der Waals surface area contributed by atoms with Crippen LogP contribution >= 0.6 is 34.2 Å². The average Bonchev–Trinajstić information content (AvgIpc) is 3.30. The lowest BCUT2D eigenvalue weighted by molar-refractivity contribution is -0.133. The molecule has 2 amide bonds. The fourth-order valence-corrected chi connectivity index (χ4v) is 3.97. The summed E-state index contributed by atoms with van der Waals surface area (Å²) in [5, 5.41) is 5.21. The van der Waals surface area contributed by atoms with Crippen LogP contribution in [0, 0.1) is 3.57 Å². The minimum absolute atomic E-state index is 0.0726. The topological polar surface area (TPSA) is 137 Å². The van der Waals surface area contributed by atoms with Crippen molar-refractivity contribution in [2.75, 3.05) is 12.4 Å². The third-order valence-corrected chi connectivity index (χ3v) is 5.52. The van der Waals surface area contributed by atoms with Gasteiger partial charge in [0.2, 0.25) is 11.2 Å². The highest BCUT2D eigenvalue weighted by molar-refractivity contribution is 14.1. The summed E-state index contributed by atoms with van der Waals surface area (Å²) in [7, 11) is 1.53. The van der Waals surface area contributed by atoms with Crippen molar-refractivity contribution in [3.63, 3.8) is 0 Å². The Bertz CT molecular complexity index is 1140. The van der Waals surface area contributed by atoms with Crippen molar-refractivity contribution in [2.45, 2.75) is 24.8 Å². The Labute approximate surface area is 189 Å². The zero-order chi connectivity index (χ0) is 21.4. The molecule has 1 aromatic carbocycles. The number of anilines is 1. The number of carbonyl (C=O) groups is 2. The number of nitrogens with one attached hydrogen (secondary N) is 2. The Hall–Kier alpha value is -2.35. The molecule has 30 heavy (non-hydrogen) atoms. The molecule has 3 aromatic rings. The fourth-order valence-electron chi connectivity index (χ4n) is 3.26. The van der Waals surface area contributed by atoms with Gasteiger partial charge < -0.3 is 21.1 Å². The predicted octanol–water partition coefficient (Wildman–Crippen LogP) is 1.70. The second kappa shape index (κ2) is 8.41. The van der Waals surface area contributed by atoms with Crippen LogP contribution in [0.15, 0.2) is 30.6 Å². The number of hydrogen-bond donors (Lipinski definition) is 3. The van der Waals surface area contributed by atoms with Gasteiger partial charge in [0.25, 0.3) is 5.91 Å². The molecule has 1 saturated heterocycles. The SMILES string of the molecule is CNC(=O)C1CC(N)C(n2cnc3c(NC(=O)c4cccc(I)c4)nc(Cl)nc32)O1. The van der Waals surface area contributed by atoms with Crippen molar-refractivity contribution >= 4 is 63.0 Å². The number of ether oxygens (including phenoxy) is 1. The van der Waals surface area contributed by atoms with Crippen LogP contribution in [-0.4, -0.2) is 50.5 Å². The maximum absolute atomic E-state index is 12.6. The molecule has 0 saturated carbocycles. The summed E-state index contributed by atoms with van der Waals surface area (Å²) in [5.41, 5.74) is 7.33. The molecule has 3 unspecified atom stereocenters. The van der Waals surface area contributed by atoms with Crippen molar-refractivity contribution in [2.24, 2.45) is 5.73 Å². The van der Waals surface area contributed by atoms with E-state index in [-0.39, 0.29) is 22.9 Å². The number of likely N-dealkylation sites (N-methyl/N-ethyl adjacent to an activating group) is 1. The molecule has 12 heteroatoms. The highest BCUT2D eigenvalue weighted by Gasteiger charge is 2.38. The quantitative estimate of drug-likeness (QED) is 0.338. The van der Waals surface area contributed by atoms with Gasteiger partial charge in [-0.05, 0) is 52.4 Å². The van der Waals surface area contributed by atoms with Gasteiger partial charge in [0.15, 0.2) is 23.2 Å². The molecule has 0 bridgehead atoms. The van der Waals surface area contributed by atoms with Crippen LogP contribution in [0.5, 0.6) is 0 Å². The van der Waals surface area contributed by atoms with E-state index in [0.29, 0.717) is 23.1 Å². The third-order valence-electron chi connectivity index (χ3n) is 4.68. The molecule has 0 spiro atoms. The van der Waals surface area contributed by atoms with Gasteiger partial charge in [0.05, 0.1) is 12.4 Å². The molecule has 1 aliphatic heterocycles. The van der Waals surface area contributed by atoms with Crippen LogP contribution in [0.3, 0.4) is 0 Å². The number of fused-ring (bicyclic) bond motifs is 1. The van der Waals surface area contributed by atoms with E-state index in [1.165, 1.54) is 13.4 Å². The Morgan fingerprint density at radius 2 is 2.17 bits per heavy atom. The third kappa shape index (κ3) is 3.97. The lowest BCUT2D eigenvalue weighted by atomic mass is 10.1. The monoisotopic (exact) mass is 541 g/mol. The summed E-state index contributed by atoms with van der Waals surface area (Å²) < 4.78 is 8.34. The van der Waals surface area contributed by atoms with Crippen LogP contribution in [0.4, 0.5) is 5.82 Å². The number of halogens is 2. The van der Waals surface area contributed by atoms with Crippen molar-refractivity contribution in [3.8, 4) is 0 Å². The smallest absolute Gasteiger partial charge is 0.256 e. The van der Waals surface area contributed by atoms with E-state index in [0.717, 1.165) is 3.57 Å². The number of benzene rings is 1. The van der Waals surface area contributed by atoms with Crippen molar-refractivity contribution in [3.05, 3.63) is 45.0 Å². The first kappa shape index (κ1) is 20.9. The zero-order valence-electron chi connectivity index (χ0n) is 15.7. The van der Waals surface area contributed by atoms with Gasteiger partial charge in [-0.15, -0.1) is 0 Å². The van der Waals surface area contributed by atoms with Gasteiger partial charge in [0.1, 0.15) is 6.10 Å². The molecular formula is C18H17ClIN7O3. The van der Waals surface area contributed by atoms with E-state index in [9.17, 15) is 9.59 Å². The number of aromatic nitrogens is 4. The van der Waals surface area contributed by atoms with E-state index in [2.05, 4.69) is 48.2 Å². The first-order valence-corrected chi connectivity index (χ1v) is 10.4. The maximum Gasteiger partial charge on any atom is 0.256 e. The normalized spacial score (nSPS) is 21.0. The molecule has 10 nitrogen and oxygen atoms in total. The van der Waals surface area contributed by atoms with E-state index in [4.69, 9.17) is 22.1 Å². The summed E-state index contributed by atoms with van der Waals surface area (Å²) in [6.45, 7) is 0. The number of carbonyl (C=O) groups excluding carboxylic acids is 2. The van der Waals surface area contributed by atoms with Crippen LogP contribution in [0.25, 0.3) is 11.2 Å². The Morgan fingerprint density at radius 1 is 1.37 bits per heavy atom. The van der Waals surface area contributed by atoms with Crippen molar-refractivity contribution in [1.29, 1.82) is 0 Å². The summed E-state index contributed by atoms with van der Waals surface area (Å²) >= 11 is 8.23. The van der Waals surface area contributed by atoms with Crippen LogP contribution < -0.4 is 16.4 Å². The molecular weight excluding hydrogens is 525 g/mol. The number of nitrogens with zero attached hydrogens (tertiary/aromatic N) is 4. The molecule has 4 rings (SSSR count). The zero-order valence-corrected chi connectivity index (χ0v) is 18.6. The molecule has 156 valence electrons. The fraction of sp³-hybridized carbons (Fsp3) is 0.278. The van der Waals surface area contributed by atoms with Crippen LogP contribution in [0.1, 0.15) is 23.0 Å². The number of hydrogen-bond acceptors (Lipinski definition) is 7. The van der Waals surface area contributed by atoms with Gasteiger partial charge in [0, 0.05) is 22.6 Å². The lowest BCUT2D eigenvalue weighted by Crippen LogP contribution is -2.32. The first-order chi connectivity index (χ1) is 14.4. The Morgan fingerprint density at radius 3 is 2.90 bits per heavy atom. The summed E-state index contributed by atoms with van der Waals surface area (Å²) in [5.74, 6) is -0.440. The minimum atomic E-state index is -0.676. The number of imidazole rings is 1. The molecule has 0 radical (unpaired) electrons. The molecule has 1 fully saturated rings. The van der Waals surface area contributed by atoms with Gasteiger partial charge in [-0.25, -0.2) is 4.98 Å². The van der Waals surface area contributed by atoms with Crippen LogP contribution in [-0.2, 0) is 9.53 Å². The standard InChI is InChI=1S/C18H17ClIN7O3/c1-22-16(29)11-6-10(21)17(30-11)27-7-23-12-13(25-18(19)26-14(12)27)24-15(28)8-3-2-4-9(20)5-8/h2-5,7,10-11,17H,6,21H2,1H3,(H,22,29)(H,24,25,26,28). The minimum Gasteiger partial charge on any atom is -0.357 e. The Balaban J connectivity index is 1.67. The van der Waals surface area contributed by atoms with Gasteiger partial charge >= 0.3 is 0 Å². The van der Waals surface area contributed by atoms with Gasteiger partial charge in [-0.3, -0.25) is 14.2 Å². The summed E-state index contributed by atoms with van der Waals surface area (Å²) in [4.78, 5) is 37.2. The van der Waals surface area contributed by atoms with Gasteiger partial charge in [-0.2, -0.15) is 9.97 Å². The molecule has 2 aromatic heterocycles. The average molecular weight is 542 g/mol. The largest absolute Gasteiger partial charge is 0.357 e. The molecule has 3 heterocycles.